The largest absolute Gasteiger partial charge is 0.497 e. The normalized spacial score (nSPS) is 23.1. The molecule has 0 aromatic heterocycles. The van der Waals surface area contributed by atoms with Gasteiger partial charge < -0.3 is 15.8 Å². The second kappa shape index (κ2) is 5.73. The number of benzene rings is 1. The van der Waals surface area contributed by atoms with E-state index in [9.17, 15) is 9.59 Å². The number of imide groups is 1. The Bertz CT molecular complexity index is 544. The van der Waals surface area contributed by atoms with Crippen LogP contribution < -0.4 is 15.8 Å². The van der Waals surface area contributed by atoms with Gasteiger partial charge in [0, 0.05) is 6.54 Å². The monoisotopic (exact) mass is 291 g/mol. The van der Waals surface area contributed by atoms with Crippen LogP contribution >= 0.6 is 0 Å². The Morgan fingerprint density at radius 1 is 1.33 bits per heavy atom. The van der Waals surface area contributed by atoms with Crippen LogP contribution in [0.2, 0.25) is 0 Å². The van der Waals surface area contributed by atoms with Crippen LogP contribution in [0.1, 0.15) is 25.8 Å². The van der Waals surface area contributed by atoms with Crippen molar-refractivity contribution in [3.05, 3.63) is 29.8 Å². The van der Waals surface area contributed by atoms with Crippen LogP contribution in [0.3, 0.4) is 0 Å². The Hall–Kier alpha value is -2.08. The first-order valence-electron chi connectivity index (χ1n) is 7.00. The minimum absolute atomic E-state index is 0.238. The Balaban J connectivity index is 2.42. The summed E-state index contributed by atoms with van der Waals surface area (Å²) >= 11 is 0. The van der Waals surface area contributed by atoms with Crippen molar-refractivity contribution in [1.29, 1.82) is 0 Å². The van der Waals surface area contributed by atoms with Crippen molar-refractivity contribution in [3.8, 4) is 5.75 Å². The third kappa shape index (κ3) is 2.35. The van der Waals surface area contributed by atoms with E-state index in [0.29, 0.717) is 12.2 Å². The highest BCUT2D eigenvalue weighted by Crippen LogP contribution is 2.34. The Labute approximate surface area is 124 Å². The van der Waals surface area contributed by atoms with Crippen molar-refractivity contribution in [2.75, 3.05) is 13.7 Å². The first-order chi connectivity index (χ1) is 10.00. The van der Waals surface area contributed by atoms with Gasteiger partial charge in [0.05, 0.1) is 13.2 Å². The molecule has 2 unspecified atom stereocenters. The number of urea groups is 1. The molecule has 3 N–H and O–H groups in total. The number of amides is 3. The van der Waals surface area contributed by atoms with Crippen LogP contribution in [-0.4, -0.2) is 36.5 Å². The molecule has 21 heavy (non-hydrogen) atoms. The van der Waals surface area contributed by atoms with Gasteiger partial charge in [0.25, 0.3) is 5.91 Å². The van der Waals surface area contributed by atoms with Crippen molar-refractivity contribution >= 4 is 11.9 Å². The van der Waals surface area contributed by atoms with E-state index >= 15 is 0 Å². The fraction of sp³-hybridized carbons (Fsp3) is 0.467. The SMILES string of the molecule is CCC1(c2ccc(OC)cc2)NC(=O)N(C(C)CN)C1=O. The molecule has 1 aliphatic heterocycles. The summed E-state index contributed by atoms with van der Waals surface area (Å²) in [5.41, 5.74) is 5.32. The third-order valence-corrected chi connectivity index (χ3v) is 4.02. The highest BCUT2D eigenvalue weighted by molar-refractivity contribution is 6.07. The maximum absolute atomic E-state index is 12.8. The number of nitrogens with two attached hydrogens (primary N) is 1. The van der Waals surface area contributed by atoms with E-state index in [1.165, 1.54) is 4.90 Å². The van der Waals surface area contributed by atoms with E-state index in [1.807, 2.05) is 6.92 Å². The standard InChI is InChI=1S/C15H21N3O3/c1-4-15(11-5-7-12(21-3)8-6-11)13(19)18(10(2)9-16)14(20)17-15/h5-8,10H,4,9,16H2,1-3H3,(H,17,20). The zero-order valence-corrected chi connectivity index (χ0v) is 12.6. The van der Waals surface area contributed by atoms with Crippen LogP contribution in [0.15, 0.2) is 24.3 Å². The van der Waals surface area contributed by atoms with E-state index in [4.69, 9.17) is 10.5 Å². The number of hydrogen-bond donors (Lipinski definition) is 2. The molecule has 2 atom stereocenters. The molecule has 1 saturated heterocycles. The van der Waals surface area contributed by atoms with Crippen LogP contribution in [0.5, 0.6) is 5.75 Å². The van der Waals surface area contributed by atoms with E-state index in [2.05, 4.69) is 5.32 Å². The topological polar surface area (TPSA) is 84.7 Å². The minimum Gasteiger partial charge on any atom is -0.497 e. The maximum Gasteiger partial charge on any atom is 0.325 e. The predicted molar refractivity (Wildman–Crippen MR) is 78.9 cm³/mol. The molecular formula is C15H21N3O3. The number of carbonyl (C=O) groups excluding carboxylic acids is 2. The molecule has 1 fully saturated rings. The fourth-order valence-corrected chi connectivity index (χ4v) is 2.61. The number of methoxy groups -OCH3 is 1. The number of rotatable bonds is 5. The Morgan fingerprint density at radius 2 is 1.95 bits per heavy atom. The molecule has 1 heterocycles. The summed E-state index contributed by atoms with van der Waals surface area (Å²) < 4.78 is 5.12. The molecule has 0 bridgehead atoms. The molecule has 6 heteroatoms. The smallest absolute Gasteiger partial charge is 0.325 e. The molecule has 114 valence electrons. The quantitative estimate of drug-likeness (QED) is 0.798. The lowest BCUT2D eigenvalue weighted by atomic mass is 9.87. The summed E-state index contributed by atoms with van der Waals surface area (Å²) in [5.74, 6) is 0.451. The van der Waals surface area contributed by atoms with Crippen LogP contribution in [0.25, 0.3) is 0 Å². The summed E-state index contributed by atoms with van der Waals surface area (Å²) in [5, 5.41) is 2.83. The average Bonchev–Trinajstić information content (AvgIpc) is 2.78. The van der Waals surface area contributed by atoms with E-state index in [0.717, 1.165) is 5.56 Å². The van der Waals surface area contributed by atoms with E-state index in [1.54, 1.807) is 38.3 Å². The average molecular weight is 291 g/mol. The van der Waals surface area contributed by atoms with Crippen LogP contribution in [0, 0.1) is 0 Å². The van der Waals surface area contributed by atoms with Gasteiger partial charge in [0.15, 0.2) is 0 Å². The molecule has 0 radical (unpaired) electrons. The predicted octanol–water partition coefficient (Wildman–Crippen LogP) is 1.20. The molecule has 3 amide bonds. The fourth-order valence-electron chi connectivity index (χ4n) is 2.61. The molecule has 0 aliphatic carbocycles. The molecule has 6 nitrogen and oxygen atoms in total. The van der Waals surface area contributed by atoms with Gasteiger partial charge in [0.1, 0.15) is 11.3 Å². The minimum atomic E-state index is -1.02. The number of ether oxygens (including phenoxy) is 1. The lowest BCUT2D eigenvalue weighted by molar-refractivity contribution is -0.133. The summed E-state index contributed by atoms with van der Waals surface area (Å²) in [6.07, 6.45) is 0.470. The molecule has 1 aliphatic rings. The van der Waals surface area contributed by atoms with Gasteiger partial charge in [-0.25, -0.2) is 4.79 Å². The van der Waals surface area contributed by atoms with E-state index in [-0.39, 0.29) is 18.5 Å². The number of carbonyl (C=O) groups is 2. The van der Waals surface area contributed by atoms with Crippen molar-refractivity contribution in [2.45, 2.75) is 31.8 Å². The second-order valence-corrected chi connectivity index (χ2v) is 5.18. The molecule has 1 aromatic carbocycles. The van der Waals surface area contributed by atoms with Crippen molar-refractivity contribution in [2.24, 2.45) is 5.73 Å². The van der Waals surface area contributed by atoms with Gasteiger partial charge in [-0.05, 0) is 31.0 Å². The second-order valence-electron chi connectivity index (χ2n) is 5.18. The molecule has 0 saturated carbocycles. The van der Waals surface area contributed by atoms with Crippen molar-refractivity contribution < 1.29 is 14.3 Å². The first kappa shape index (κ1) is 15.3. The van der Waals surface area contributed by atoms with Crippen LogP contribution in [-0.2, 0) is 10.3 Å². The summed E-state index contributed by atoms with van der Waals surface area (Å²) in [6.45, 7) is 3.87. The van der Waals surface area contributed by atoms with Gasteiger partial charge in [-0.1, -0.05) is 19.1 Å². The molecule has 0 spiro atoms. The summed E-state index contributed by atoms with van der Waals surface area (Å²) in [4.78, 5) is 26.2. The number of nitrogens with one attached hydrogen (secondary N) is 1. The summed E-state index contributed by atoms with van der Waals surface area (Å²) in [7, 11) is 1.58. The lowest BCUT2D eigenvalue weighted by Crippen LogP contribution is -2.46. The highest BCUT2D eigenvalue weighted by Gasteiger charge is 2.52. The summed E-state index contributed by atoms with van der Waals surface area (Å²) in [6, 6.07) is 6.44. The third-order valence-electron chi connectivity index (χ3n) is 4.02. The van der Waals surface area contributed by atoms with Gasteiger partial charge in [-0.2, -0.15) is 0 Å². The van der Waals surface area contributed by atoms with Crippen LogP contribution in [0.4, 0.5) is 4.79 Å². The van der Waals surface area contributed by atoms with Crippen molar-refractivity contribution in [3.63, 3.8) is 0 Å². The number of nitrogens with zero attached hydrogens (tertiary/aromatic N) is 1. The van der Waals surface area contributed by atoms with Gasteiger partial charge in [-0.15, -0.1) is 0 Å². The van der Waals surface area contributed by atoms with Gasteiger partial charge in [0.2, 0.25) is 0 Å². The maximum atomic E-state index is 12.8. The first-order valence-corrected chi connectivity index (χ1v) is 7.00. The van der Waals surface area contributed by atoms with Gasteiger partial charge >= 0.3 is 6.03 Å². The van der Waals surface area contributed by atoms with Crippen molar-refractivity contribution in [1.82, 2.24) is 10.2 Å². The molecule has 2 rings (SSSR count). The molecular weight excluding hydrogens is 270 g/mol. The van der Waals surface area contributed by atoms with Gasteiger partial charge in [-0.3, -0.25) is 9.69 Å². The zero-order valence-electron chi connectivity index (χ0n) is 12.6. The number of hydrogen-bond acceptors (Lipinski definition) is 4. The molecule has 1 aromatic rings. The Kier molecular flexibility index (Phi) is 4.18. The highest BCUT2D eigenvalue weighted by atomic mass is 16.5. The van der Waals surface area contributed by atoms with E-state index < -0.39 is 11.6 Å². The Morgan fingerprint density at radius 3 is 2.43 bits per heavy atom. The lowest BCUT2D eigenvalue weighted by Gasteiger charge is -2.27. The zero-order chi connectivity index (χ0) is 15.6.